The zero-order valence-electron chi connectivity index (χ0n) is 10.1. The number of nitrogens with one attached hydrogen (secondary N) is 1. The molecule has 1 fully saturated rings. The van der Waals surface area contributed by atoms with Crippen LogP contribution in [0, 0.1) is 5.92 Å². The number of hydrogen-bond acceptors (Lipinski definition) is 3. The minimum absolute atomic E-state index is 0.0222. The van der Waals surface area contributed by atoms with E-state index in [9.17, 15) is 9.90 Å². The molecule has 98 valence electrons. The summed E-state index contributed by atoms with van der Waals surface area (Å²) >= 11 is 5.76. The first-order valence-electron chi connectivity index (χ1n) is 5.96. The van der Waals surface area contributed by atoms with Crippen LogP contribution in [-0.4, -0.2) is 30.3 Å². The first-order valence-corrected chi connectivity index (χ1v) is 6.34. The quantitative estimate of drug-likeness (QED) is 0.884. The highest BCUT2D eigenvalue weighted by molar-refractivity contribution is 6.32. The molecule has 1 aliphatic rings. The summed E-state index contributed by atoms with van der Waals surface area (Å²) in [6, 6.07) is 4.42. The van der Waals surface area contributed by atoms with Gasteiger partial charge in [0, 0.05) is 24.6 Å². The second-order valence-corrected chi connectivity index (χ2v) is 4.91. The topological polar surface area (TPSA) is 58.6 Å². The molecule has 1 amide bonds. The molecule has 2 rings (SSSR count). The third kappa shape index (κ3) is 2.94. The summed E-state index contributed by atoms with van der Waals surface area (Å²) in [5, 5.41) is 12.3. The fraction of sp³-hybridized carbons (Fsp3) is 0.462. The lowest BCUT2D eigenvalue weighted by molar-refractivity contribution is 0.0907. The van der Waals surface area contributed by atoms with E-state index in [0.29, 0.717) is 18.0 Å². The van der Waals surface area contributed by atoms with Gasteiger partial charge in [-0.25, -0.2) is 0 Å². The zero-order chi connectivity index (χ0) is 13.1. The number of hydrogen-bond donors (Lipinski definition) is 2. The van der Waals surface area contributed by atoms with Crippen LogP contribution in [0.5, 0.6) is 5.75 Å². The fourth-order valence-electron chi connectivity index (χ4n) is 2.02. The van der Waals surface area contributed by atoms with Crippen LogP contribution in [0.3, 0.4) is 0 Å². The largest absolute Gasteiger partial charge is 0.506 e. The zero-order valence-corrected chi connectivity index (χ0v) is 10.9. The van der Waals surface area contributed by atoms with Crippen molar-refractivity contribution in [3.05, 3.63) is 28.8 Å². The molecule has 2 N–H and O–H groups in total. The minimum Gasteiger partial charge on any atom is -0.506 e. The lowest BCUT2D eigenvalue weighted by Gasteiger charge is -2.14. The van der Waals surface area contributed by atoms with Gasteiger partial charge >= 0.3 is 0 Å². The van der Waals surface area contributed by atoms with Crippen molar-refractivity contribution in [2.75, 3.05) is 13.2 Å². The predicted molar refractivity (Wildman–Crippen MR) is 69.0 cm³/mol. The van der Waals surface area contributed by atoms with E-state index in [4.69, 9.17) is 16.3 Å². The Kier molecular flexibility index (Phi) is 4.09. The summed E-state index contributed by atoms with van der Waals surface area (Å²) in [5.74, 6) is 0.156. The predicted octanol–water partition coefficient (Wildman–Crippen LogP) is 2.20. The van der Waals surface area contributed by atoms with Crippen molar-refractivity contribution < 1.29 is 14.6 Å². The summed E-state index contributed by atoms with van der Waals surface area (Å²) in [6.45, 7) is 3.37. The minimum atomic E-state index is -0.184. The molecule has 5 heteroatoms. The lowest BCUT2D eigenvalue weighted by Crippen LogP contribution is -2.31. The monoisotopic (exact) mass is 269 g/mol. The molecule has 18 heavy (non-hydrogen) atoms. The molecule has 0 radical (unpaired) electrons. The normalized spacial score (nSPS) is 23.0. The van der Waals surface area contributed by atoms with Gasteiger partial charge in [0.1, 0.15) is 5.75 Å². The number of carbonyl (C=O) groups excluding carboxylic acids is 1. The van der Waals surface area contributed by atoms with Gasteiger partial charge in [-0.3, -0.25) is 4.79 Å². The summed E-state index contributed by atoms with van der Waals surface area (Å²) in [6.07, 6.45) is 1.16. The Bertz CT molecular complexity index is 450. The van der Waals surface area contributed by atoms with E-state index in [1.807, 2.05) is 6.92 Å². The first-order chi connectivity index (χ1) is 8.58. The Morgan fingerprint density at radius 1 is 1.61 bits per heavy atom. The van der Waals surface area contributed by atoms with Crippen molar-refractivity contribution in [1.82, 2.24) is 5.32 Å². The summed E-state index contributed by atoms with van der Waals surface area (Å²) < 4.78 is 5.43. The molecule has 1 aromatic carbocycles. The summed E-state index contributed by atoms with van der Waals surface area (Å²) in [5.41, 5.74) is 0.448. The first kappa shape index (κ1) is 13.2. The van der Waals surface area contributed by atoms with Crippen LogP contribution >= 0.6 is 11.6 Å². The molecule has 0 aromatic heterocycles. The number of phenolic OH excluding ortho intramolecular Hbond substituents is 1. The Morgan fingerprint density at radius 2 is 2.39 bits per heavy atom. The van der Waals surface area contributed by atoms with Gasteiger partial charge in [0.05, 0.1) is 11.1 Å². The maximum absolute atomic E-state index is 11.9. The van der Waals surface area contributed by atoms with Crippen molar-refractivity contribution in [2.45, 2.75) is 19.4 Å². The molecule has 0 bridgehead atoms. The van der Waals surface area contributed by atoms with Crippen molar-refractivity contribution in [2.24, 2.45) is 5.92 Å². The number of carbonyl (C=O) groups is 1. The third-order valence-corrected chi connectivity index (χ3v) is 3.57. The highest BCUT2D eigenvalue weighted by Gasteiger charge is 2.24. The highest BCUT2D eigenvalue weighted by atomic mass is 35.5. The van der Waals surface area contributed by atoms with Gasteiger partial charge in [0.2, 0.25) is 0 Å². The molecule has 0 spiro atoms. The Hall–Kier alpha value is -1.26. The number of rotatable bonds is 3. The van der Waals surface area contributed by atoms with E-state index in [1.165, 1.54) is 12.1 Å². The van der Waals surface area contributed by atoms with E-state index in [0.717, 1.165) is 13.0 Å². The number of aromatic hydroxyl groups is 1. The van der Waals surface area contributed by atoms with E-state index < -0.39 is 0 Å². The standard InChI is InChI=1S/C13H16ClNO3/c1-8-10(4-5-18-8)7-15-13(17)9-2-3-12(16)11(14)6-9/h2-3,6,8,10,16H,4-5,7H2,1H3,(H,15,17). The lowest BCUT2D eigenvalue weighted by atomic mass is 10.0. The van der Waals surface area contributed by atoms with Crippen molar-refractivity contribution in [3.63, 3.8) is 0 Å². The van der Waals surface area contributed by atoms with Crippen LogP contribution in [0.15, 0.2) is 18.2 Å². The maximum atomic E-state index is 11.9. The maximum Gasteiger partial charge on any atom is 0.251 e. The molecule has 4 nitrogen and oxygen atoms in total. The highest BCUT2D eigenvalue weighted by Crippen LogP contribution is 2.24. The van der Waals surface area contributed by atoms with Crippen molar-refractivity contribution in [1.29, 1.82) is 0 Å². The van der Waals surface area contributed by atoms with E-state index in [1.54, 1.807) is 6.07 Å². The SMILES string of the molecule is CC1OCCC1CNC(=O)c1ccc(O)c(Cl)c1. The van der Waals surface area contributed by atoms with E-state index in [2.05, 4.69) is 5.32 Å². The third-order valence-electron chi connectivity index (χ3n) is 3.27. The van der Waals surface area contributed by atoms with Crippen LogP contribution in [-0.2, 0) is 4.74 Å². The smallest absolute Gasteiger partial charge is 0.251 e. The van der Waals surface area contributed by atoms with E-state index >= 15 is 0 Å². The van der Waals surface area contributed by atoms with Crippen molar-refractivity contribution in [3.8, 4) is 5.75 Å². The molecule has 1 saturated heterocycles. The molecular weight excluding hydrogens is 254 g/mol. The summed E-state index contributed by atoms with van der Waals surface area (Å²) in [4.78, 5) is 11.9. The van der Waals surface area contributed by atoms with Crippen LogP contribution in [0.2, 0.25) is 5.02 Å². The van der Waals surface area contributed by atoms with Gasteiger partial charge in [-0.05, 0) is 31.5 Å². The molecule has 1 heterocycles. The van der Waals surface area contributed by atoms with Crippen LogP contribution < -0.4 is 5.32 Å². The number of phenols is 1. The second-order valence-electron chi connectivity index (χ2n) is 4.50. The Morgan fingerprint density at radius 3 is 3.00 bits per heavy atom. The molecule has 2 unspecified atom stereocenters. The van der Waals surface area contributed by atoms with Crippen LogP contribution in [0.1, 0.15) is 23.7 Å². The number of halogens is 1. The molecule has 0 saturated carbocycles. The molecular formula is C13H16ClNO3. The molecule has 0 aliphatic carbocycles. The average Bonchev–Trinajstić information content (AvgIpc) is 2.75. The van der Waals surface area contributed by atoms with E-state index in [-0.39, 0.29) is 22.8 Å². The second kappa shape index (κ2) is 5.59. The molecule has 1 aromatic rings. The van der Waals surface area contributed by atoms with Gasteiger partial charge in [-0.15, -0.1) is 0 Å². The molecule has 1 aliphatic heterocycles. The van der Waals surface area contributed by atoms with Gasteiger partial charge in [-0.2, -0.15) is 0 Å². The number of benzene rings is 1. The van der Waals surface area contributed by atoms with Gasteiger partial charge in [-0.1, -0.05) is 11.6 Å². The Balaban J connectivity index is 1.93. The van der Waals surface area contributed by atoms with Crippen LogP contribution in [0.25, 0.3) is 0 Å². The molecule has 2 atom stereocenters. The van der Waals surface area contributed by atoms with Gasteiger partial charge < -0.3 is 15.2 Å². The summed E-state index contributed by atoms with van der Waals surface area (Å²) in [7, 11) is 0. The Labute approximate surface area is 111 Å². The number of amides is 1. The average molecular weight is 270 g/mol. The number of ether oxygens (including phenoxy) is 1. The van der Waals surface area contributed by atoms with Gasteiger partial charge in [0.15, 0.2) is 0 Å². The van der Waals surface area contributed by atoms with Crippen molar-refractivity contribution >= 4 is 17.5 Å². The van der Waals surface area contributed by atoms with Crippen LogP contribution in [0.4, 0.5) is 0 Å². The van der Waals surface area contributed by atoms with Gasteiger partial charge in [0.25, 0.3) is 5.91 Å². The fourth-order valence-corrected chi connectivity index (χ4v) is 2.20.